The second-order valence-electron chi connectivity index (χ2n) is 4.27. The smallest absolute Gasteiger partial charge is 0.172 e. The minimum Gasteiger partial charge on any atom is -0.504 e. The molecule has 18 heavy (non-hydrogen) atoms. The number of rotatable bonds is 2. The third-order valence-corrected chi connectivity index (χ3v) is 2.85. The van der Waals surface area contributed by atoms with Gasteiger partial charge in [0.25, 0.3) is 0 Å². The van der Waals surface area contributed by atoms with E-state index in [2.05, 4.69) is 5.10 Å². The van der Waals surface area contributed by atoms with Gasteiger partial charge in [-0.15, -0.1) is 0 Å². The molecule has 4 nitrogen and oxygen atoms in total. The highest BCUT2D eigenvalue weighted by Gasteiger charge is 2.18. The Morgan fingerprint density at radius 3 is 2.44 bits per heavy atom. The van der Waals surface area contributed by atoms with Gasteiger partial charge in [0.15, 0.2) is 11.6 Å². The van der Waals surface area contributed by atoms with Crippen molar-refractivity contribution in [2.24, 2.45) is 5.10 Å². The third kappa shape index (κ3) is 2.37. The van der Waals surface area contributed by atoms with Crippen molar-refractivity contribution in [3.63, 3.8) is 0 Å². The zero-order valence-electron chi connectivity index (χ0n) is 10.8. The summed E-state index contributed by atoms with van der Waals surface area (Å²) >= 11 is 0. The summed E-state index contributed by atoms with van der Waals surface area (Å²) in [4.78, 5) is 1.78. The molecule has 4 heteroatoms. The molecule has 0 amide bonds. The Hall–Kier alpha value is -2.23. The first kappa shape index (κ1) is 12.2. The van der Waals surface area contributed by atoms with Crippen molar-refractivity contribution >= 4 is 11.9 Å². The second kappa shape index (κ2) is 4.96. The van der Waals surface area contributed by atoms with Crippen LogP contribution in [-0.2, 0) is 0 Å². The van der Waals surface area contributed by atoms with Gasteiger partial charge in [0.1, 0.15) is 6.34 Å². The van der Waals surface area contributed by atoms with Crippen LogP contribution < -0.4 is 0 Å². The highest BCUT2D eigenvalue weighted by molar-refractivity contribution is 5.67. The van der Waals surface area contributed by atoms with Gasteiger partial charge in [-0.2, -0.15) is 5.10 Å². The average molecular weight is 243 g/mol. The molecule has 0 saturated carbocycles. The standard InChI is InChI=1S/C14H17N3O/c1-11(12-7-5-4-6-8-12)9-13(18)14-16(2)10-15-17(14)3/h4-10,18H,1-3H3/b11-9+,14-13-. The summed E-state index contributed by atoms with van der Waals surface area (Å²) in [6.45, 7) is 1.97. The van der Waals surface area contributed by atoms with Gasteiger partial charge in [-0.05, 0) is 24.1 Å². The van der Waals surface area contributed by atoms with Crippen LogP contribution in [0.5, 0.6) is 0 Å². The van der Waals surface area contributed by atoms with E-state index in [9.17, 15) is 5.11 Å². The van der Waals surface area contributed by atoms with E-state index in [0.717, 1.165) is 11.1 Å². The van der Waals surface area contributed by atoms with Gasteiger partial charge in [-0.3, -0.25) is 0 Å². The molecule has 0 radical (unpaired) electrons. The number of aliphatic hydroxyl groups is 1. The van der Waals surface area contributed by atoms with E-state index in [-0.39, 0.29) is 5.76 Å². The predicted molar refractivity (Wildman–Crippen MR) is 73.8 cm³/mol. The van der Waals surface area contributed by atoms with Crippen molar-refractivity contribution in [2.45, 2.75) is 6.92 Å². The second-order valence-corrected chi connectivity index (χ2v) is 4.27. The molecule has 1 N–H and O–H groups in total. The molecule has 0 unspecified atom stereocenters. The summed E-state index contributed by atoms with van der Waals surface area (Å²) in [6, 6.07) is 9.97. The van der Waals surface area contributed by atoms with Crippen molar-refractivity contribution < 1.29 is 5.11 Å². The molecule has 1 aliphatic heterocycles. The Labute approximate surface area is 107 Å². The molecule has 0 bridgehead atoms. The number of aliphatic hydroxyl groups excluding tert-OH is 1. The first-order valence-electron chi connectivity index (χ1n) is 5.77. The van der Waals surface area contributed by atoms with Gasteiger partial charge in [-0.1, -0.05) is 30.3 Å². The Bertz CT molecular complexity index is 503. The quantitative estimate of drug-likeness (QED) is 0.812. The maximum absolute atomic E-state index is 10.2. The van der Waals surface area contributed by atoms with E-state index in [1.807, 2.05) is 44.3 Å². The molecular weight excluding hydrogens is 226 g/mol. The average Bonchev–Trinajstić information content (AvgIpc) is 2.70. The highest BCUT2D eigenvalue weighted by Crippen LogP contribution is 2.20. The fourth-order valence-corrected chi connectivity index (χ4v) is 1.89. The zero-order valence-corrected chi connectivity index (χ0v) is 10.8. The molecule has 0 saturated heterocycles. The molecule has 0 spiro atoms. The Kier molecular flexibility index (Phi) is 3.37. The Morgan fingerprint density at radius 2 is 1.89 bits per heavy atom. The third-order valence-electron chi connectivity index (χ3n) is 2.85. The van der Waals surface area contributed by atoms with Gasteiger partial charge in [0, 0.05) is 14.1 Å². The lowest BCUT2D eigenvalue weighted by Gasteiger charge is -2.16. The molecule has 0 fully saturated rings. The van der Waals surface area contributed by atoms with Crippen molar-refractivity contribution in [1.29, 1.82) is 0 Å². The van der Waals surface area contributed by atoms with Crippen LogP contribution in [0, 0.1) is 0 Å². The van der Waals surface area contributed by atoms with E-state index in [4.69, 9.17) is 0 Å². The van der Waals surface area contributed by atoms with Crippen LogP contribution >= 0.6 is 0 Å². The molecule has 0 aromatic heterocycles. The van der Waals surface area contributed by atoms with E-state index < -0.39 is 0 Å². The summed E-state index contributed by atoms with van der Waals surface area (Å²) in [7, 11) is 3.65. The monoisotopic (exact) mass is 243 g/mol. The van der Waals surface area contributed by atoms with Crippen LogP contribution in [0.25, 0.3) is 5.57 Å². The fourth-order valence-electron chi connectivity index (χ4n) is 1.89. The maximum atomic E-state index is 10.2. The van der Waals surface area contributed by atoms with Crippen LogP contribution in [0.3, 0.4) is 0 Å². The highest BCUT2D eigenvalue weighted by atomic mass is 16.3. The van der Waals surface area contributed by atoms with Crippen molar-refractivity contribution in [1.82, 2.24) is 9.91 Å². The molecule has 0 aliphatic carbocycles. The number of hydrazone groups is 1. The molecule has 1 aliphatic rings. The fraction of sp³-hybridized carbons (Fsp3) is 0.214. The summed E-state index contributed by atoms with van der Waals surface area (Å²) in [5, 5.41) is 15.9. The molecule has 0 atom stereocenters. The molecule has 1 aromatic carbocycles. The van der Waals surface area contributed by atoms with Crippen LogP contribution in [0.4, 0.5) is 0 Å². The summed E-state index contributed by atoms with van der Waals surface area (Å²) < 4.78 is 0. The van der Waals surface area contributed by atoms with Gasteiger partial charge < -0.3 is 10.0 Å². The van der Waals surface area contributed by atoms with E-state index in [1.54, 1.807) is 29.4 Å². The first-order chi connectivity index (χ1) is 8.59. The van der Waals surface area contributed by atoms with Crippen molar-refractivity contribution in [3.8, 4) is 0 Å². The Morgan fingerprint density at radius 1 is 1.22 bits per heavy atom. The molecule has 2 rings (SSSR count). The van der Waals surface area contributed by atoms with Crippen molar-refractivity contribution in [3.05, 3.63) is 53.6 Å². The van der Waals surface area contributed by atoms with Gasteiger partial charge >= 0.3 is 0 Å². The number of benzene rings is 1. The molecule has 1 heterocycles. The number of allylic oxidation sites excluding steroid dienone is 2. The van der Waals surface area contributed by atoms with Crippen molar-refractivity contribution in [2.75, 3.05) is 14.1 Å². The van der Waals surface area contributed by atoms with E-state index in [0.29, 0.717) is 5.82 Å². The topological polar surface area (TPSA) is 39.1 Å². The summed E-state index contributed by atoms with van der Waals surface area (Å²) in [5.74, 6) is 0.879. The molecule has 1 aromatic rings. The molecular formula is C14H17N3O. The lowest BCUT2D eigenvalue weighted by Crippen LogP contribution is -2.19. The lowest BCUT2D eigenvalue weighted by atomic mass is 10.1. The number of nitrogens with zero attached hydrogens (tertiary/aromatic N) is 3. The Balaban J connectivity index is 2.31. The minimum absolute atomic E-state index is 0.207. The summed E-state index contributed by atoms with van der Waals surface area (Å²) in [6.07, 6.45) is 3.42. The SMILES string of the molecule is C/C(=C\C(O)=C1/N(C)C=NN1C)c1ccccc1. The maximum Gasteiger partial charge on any atom is 0.172 e. The van der Waals surface area contributed by atoms with Gasteiger partial charge in [0.05, 0.1) is 0 Å². The first-order valence-corrected chi connectivity index (χ1v) is 5.77. The zero-order chi connectivity index (χ0) is 13.1. The lowest BCUT2D eigenvalue weighted by molar-refractivity contribution is 0.332. The predicted octanol–water partition coefficient (Wildman–Crippen LogP) is 2.64. The van der Waals surface area contributed by atoms with E-state index >= 15 is 0 Å². The van der Waals surface area contributed by atoms with Gasteiger partial charge in [0.2, 0.25) is 0 Å². The van der Waals surface area contributed by atoms with Gasteiger partial charge in [-0.25, -0.2) is 5.01 Å². The van der Waals surface area contributed by atoms with Crippen LogP contribution in [0.15, 0.2) is 53.1 Å². The number of hydrogen-bond acceptors (Lipinski definition) is 4. The van der Waals surface area contributed by atoms with Crippen LogP contribution in [0.2, 0.25) is 0 Å². The molecule has 94 valence electrons. The van der Waals surface area contributed by atoms with Crippen LogP contribution in [0.1, 0.15) is 12.5 Å². The summed E-state index contributed by atoms with van der Waals surface area (Å²) in [5.41, 5.74) is 2.10. The largest absolute Gasteiger partial charge is 0.504 e. The minimum atomic E-state index is 0.207. The van der Waals surface area contributed by atoms with E-state index in [1.165, 1.54) is 0 Å². The van der Waals surface area contributed by atoms with Crippen LogP contribution in [-0.4, -0.2) is 35.4 Å². The number of hydrogen-bond donors (Lipinski definition) is 1. The normalized spacial score (nSPS) is 18.5.